The standard InChI is InChI=1S/C21H19ClN2O6S/c1-3-8-23-20(25)18(31-21(23)26)11-14-9-16(22)19(17(10-14)29-2)30-12-13-4-6-15(7-5-13)24(27)28/h4-7,9-11H,3,8,12H2,1-2H3/b18-11+. The molecule has 31 heavy (non-hydrogen) atoms. The van der Waals surface area contributed by atoms with Gasteiger partial charge in [0.25, 0.3) is 16.8 Å². The average Bonchev–Trinajstić information content (AvgIpc) is 3.00. The van der Waals surface area contributed by atoms with Gasteiger partial charge < -0.3 is 9.47 Å². The van der Waals surface area contributed by atoms with Crippen molar-refractivity contribution in [3.63, 3.8) is 0 Å². The van der Waals surface area contributed by atoms with Crippen LogP contribution in [0, 0.1) is 10.1 Å². The molecule has 1 fully saturated rings. The molecular weight excluding hydrogens is 444 g/mol. The maximum absolute atomic E-state index is 12.4. The summed E-state index contributed by atoms with van der Waals surface area (Å²) >= 11 is 7.27. The molecule has 1 aliphatic heterocycles. The fourth-order valence-electron chi connectivity index (χ4n) is 2.90. The van der Waals surface area contributed by atoms with Gasteiger partial charge in [-0.2, -0.15) is 0 Å². The molecule has 0 unspecified atom stereocenters. The number of rotatable bonds is 8. The topological polar surface area (TPSA) is 99.0 Å². The molecule has 1 aliphatic rings. The Morgan fingerprint density at radius 2 is 1.94 bits per heavy atom. The van der Waals surface area contributed by atoms with Crippen LogP contribution in [0.5, 0.6) is 11.5 Å². The van der Waals surface area contributed by atoms with E-state index >= 15 is 0 Å². The van der Waals surface area contributed by atoms with Crippen LogP contribution < -0.4 is 9.47 Å². The number of methoxy groups -OCH3 is 1. The third-order valence-corrected chi connectivity index (χ3v) is 5.59. The number of thioether (sulfide) groups is 1. The number of amides is 2. The largest absolute Gasteiger partial charge is 0.493 e. The molecule has 1 saturated heterocycles. The number of ether oxygens (including phenoxy) is 2. The normalized spacial score (nSPS) is 14.9. The summed E-state index contributed by atoms with van der Waals surface area (Å²) in [5.41, 5.74) is 1.30. The molecule has 3 rings (SSSR count). The van der Waals surface area contributed by atoms with E-state index in [1.54, 1.807) is 30.3 Å². The predicted molar refractivity (Wildman–Crippen MR) is 118 cm³/mol. The van der Waals surface area contributed by atoms with Gasteiger partial charge in [-0.05, 0) is 59.7 Å². The zero-order chi connectivity index (χ0) is 22.5. The summed E-state index contributed by atoms with van der Waals surface area (Å²) in [6, 6.07) is 9.25. The van der Waals surface area contributed by atoms with Crippen molar-refractivity contribution in [3.05, 3.63) is 67.6 Å². The van der Waals surface area contributed by atoms with E-state index in [2.05, 4.69) is 0 Å². The fourth-order valence-corrected chi connectivity index (χ4v) is 4.04. The zero-order valence-corrected chi connectivity index (χ0v) is 18.4. The van der Waals surface area contributed by atoms with Gasteiger partial charge in [0.1, 0.15) is 6.61 Å². The number of nitro benzene ring substituents is 1. The maximum atomic E-state index is 12.4. The average molecular weight is 463 g/mol. The van der Waals surface area contributed by atoms with E-state index in [1.165, 1.54) is 24.1 Å². The Hall–Kier alpha value is -3.04. The molecule has 2 aromatic rings. The van der Waals surface area contributed by atoms with Gasteiger partial charge in [-0.15, -0.1) is 0 Å². The minimum absolute atomic E-state index is 0.00735. The van der Waals surface area contributed by atoms with Gasteiger partial charge >= 0.3 is 0 Å². The Labute approximate surface area is 187 Å². The lowest BCUT2D eigenvalue weighted by molar-refractivity contribution is -0.384. The zero-order valence-electron chi connectivity index (χ0n) is 16.8. The highest BCUT2D eigenvalue weighted by Gasteiger charge is 2.34. The Morgan fingerprint density at radius 3 is 2.55 bits per heavy atom. The van der Waals surface area contributed by atoms with Crippen LogP contribution in [0.1, 0.15) is 24.5 Å². The number of carbonyl (C=O) groups excluding carboxylic acids is 2. The van der Waals surface area contributed by atoms with Crippen molar-refractivity contribution >= 4 is 46.3 Å². The van der Waals surface area contributed by atoms with Gasteiger partial charge in [0.15, 0.2) is 11.5 Å². The molecule has 0 aliphatic carbocycles. The number of nitro groups is 1. The van der Waals surface area contributed by atoms with Gasteiger partial charge in [0.2, 0.25) is 0 Å². The van der Waals surface area contributed by atoms with Crippen molar-refractivity contribution in [2.24, 2.45) is 0 Å². The van der Waals surface area contributed by atoms with Gasteiger partial charge in [-0.25, -0.2) is 0 Å². The van der Waals surface area contributed by atoms with E-state index in [4.69, 9.17) is 21.1 Å². The molecule has 162 valence electrons. The van der Waals surface area contributed by atoms with Crippen LogP contribution in [-0.4, -0.2) is 34.6 Å². The summed E-state index contributed by atoms with van der Waals surface area (Å²) < 4.78 is 11.2. The lowest BCUT2D eigenvalue weighted by Gasteiger charge is -2.13. The first-order chi connectivity index (χ1) is 14.8. The van der Waals surface area contributed by atoms with Gasteiger partial charge in [-0.3, -0.25) is 24.6 Å². The Kier molecular flexibility index (Phi) is 7.19. The van der Waals surface area contributed by atoms with Crippen molar-refractivity contribution in [2.75, 3.05) is 13.7 Å². The molecule has 1 heterocycles. The van der Waals surface area contributed by atoms with Crippen molar-refractivity contribution in [3.8, 4) is 11.5 Å². The molecule has 0 saturated carbocycles. The lowest BCUT2D eigenvalue weighted by Crippen LogP contribution is -2.28. The first kappa shape index (κ1) is 22.6. The van der Waals surface area contributed by atoms with Crippen molar-refractivity contribution < 1.29 is 24.0 Å². The summed E-state index contributed by atoms with van der Waals surface area (Å²) in [5.74, 6) is 0.331. The van der Waals surface area contributed by atoms with Crippen molar-refractivity contribution in [1.29, 1.82) is 0 Å². The quantitative estimate of drug-likeness (QED) is 0.299. The van der Waals surface area contributed by atoms with Gasteiger partial charge in [-0.1, -0.05) is 18.5 Å². The van der Waals surface area contributed by atoms with E-state index in [9.17, 15) is 19.7 Å². The molecule has 0 atom stereocenters. The highest BCUT2D eigenvalue weighted by Crippen LogP contribution is 2.39. The predicted octanol–water partition coefficient (Wildman–Crippen LogP) is 5.28. The van der Waals surface area contributed by atoms with Crippen molar-refractivity contribution in [2.45, 2.75) is 20.0 Å². The Bertz CT molecular complexity index is 1050. The Morgan fingerprint density at radius 1 is 1.23 bits per heavy atom. The highest BCUT2D eigenvalue weighted by molar-refractivity contribution is 8.18. The minimum atomic E-state index is -0.472. The van der Waals surface area contributed by atoms with Crippen LogP contribution in [-0.2, 0) is 11.4 Å². The molecule has 0 N–H and O–H groups in total. The van der Waals surface area contributed by atoms with Gasteiger partial charge in [0, 0.05) is 18.7 Å². The second kappa shape index (κ2) is 9.84. The van der Waals surface area contributed by atoms with Gasteiger partial charge in [0.05, 0.1) is 22.0 Å². The van der Waals surface area contributed by atoms with E-state index < -0.39 is 4.92 Å². The molecule has 8 nitrogen and oxygen atoms in total. The van der Waals surface area contributed by atoms with Crippen molar-refractivity contribution in [1.82, 2.24) is 4.90 Å². The summed E-state index contributed by atoms with van der Waals surface area (Å²) in [6.07, 6.45) is 2.28. The monoisotopic (exact) mass is 462 g/mol. The van der Waals surface area contributed by atoms with Crippen LogP contribution in [0.3, 0.4) is 0 Å². The molecule has 0 spiro atoms. The van der Waals surface area contributed by atoms with Crippen LogP contribution in [0.2, 0.25) is 5.02 Å². The van der Waals surface area contributed by atoms with E-state index in [0.29, 0.717) is 34.9 Å². The second-order valence-electron chi connectivity index (χ2n) is 6.58. The molecule has 10 heteroatoms. The molecule has 2 amide bonds. The number of carbonyl (C=O) groups is 2. The third-order valence-electron chi connectivity index (χ3n) is 4.40. The molecule has 0 bridgehead atoms. The minimum Gasteiger partial charge on any atom is -0.493 e. The van der Waals surface area contributed by atoms with Crippen LogP contribution >= 0.6 is 23.4 Å². The van der Waals surface area contributed by atoms with Crippen LogP contribution in [0.15, 0.2) is 41.3 Å². The van der Waals surface area contributed by atoms with Crippen LogP contribution in [0.4, 0.5) is 10.5 Å². The smallest absolute Gasteiger partial charge is 0.293 e. The summed E-state index contributed by atoms with van der Waals surface area (Å²) in [6.45, 7) is 2.40. The van der Waals surface area contributed by atoms with Crippen LogP contribution in [0.25, 0.3) is 6.08 Å². The first-order valence-corrected chi connectivity index (χ1v) is 10.5. The number of halogens is 1. The summed E-state index contributed by atoms with van der Waals surface area (Å²) in [4.78, 5) is 36.3. The lowest BCUT2D eigenvalue weighted by atomic mass is 10.1. The number of hydrogen-bond acceptors (Lipinski definition) is 7. The first-order valence-electron chi connectivity index (χ1n) is 9.33. The summed E-state index contributed by atoms with van der Waals surface area (Å²) in [7, 11) is 1.46. The number of hydrogen-bond donors (Lipinski definition) is 0. The number of non-ortho nitro benzene ring substituents is 1. The second-order valence-corrected chi connectivity index (χ2v) is 7.98. The number of benzene rings is 2. The van der Waals surface area contributed by atoms with E-state index in [1.807, 2.05) is 6.92 Å². The molecular formula is C21H19ClN2O6S. The summed E-state index contributed by atoms with van der Waals surface area (Å²) in [5, 5.41) is 10.7. The maximum Gasteiger partial charge on any atom is 0.293 e. The number of nitrogens with zero attached hydrogens (tertiary/aromatic N) is 2. The highest BCUT2D eigenvalue weighted by atomic mass is 35.5. The fraction of sp³-hybridized carbons (Fsp3) is 0.238. The molecule has 0 aromatic heterocycles. The molecule has 2 aromatic carbocycles. The third kappa shape index (κ3) is 5.18. The number of imide groups is 1. The SMILES string of the molecule is CCCN1C(=O)S/C(=C/c2cc(Cl)c(OCc3ccc([N+](=O)[O-])cc3)c(OC)c2)C1=O. The molecule has 0 radical (unpaired) electrons. The van der Waals surface area contributed by atoms with E-state index in [0.717, 1.165) is 17.3 Å². The Balaban J connectivity index is 1.79. The van der Waals surface area contributed by atoms with E-state index in [-0.39, 0.29) is 28.5 Å².